The molecule has 0 radical (unpaired) electrons. The first kappa shape index (κ1) is 18.5. The number of fused-ring (bicyclic) bond motifs is 1. The largest absolute Gasteiger partial charge is 0.488 e. The summed E-state index contributed by atoms with van der Waals surface area (Å²) in [6.45, 7) is 6.14. The van der Waals surface area contributed by atoms with Gasteiger partial charge in [0.25, 0.3) is 0 Å². The number of hydrogen-bond donors (Lipinski definition) is 1. The maximum absolute atomic E-state index is 12.0. The predicted molar refractivity (Wildman–Crippen MR) is 104 cm³/mol. The van der Waals surface area contributed by atoms with Crippen LogP contribution in [0.1, 0.15) is 16.7 Å². The molecule has 5 heteroatoms. The van der Waals surface area contributed by atoms with Gasteiger partial charge in [0.1, 0.15) is 31.0 Å². The molecule has 0 aliphatic carbocycles. The number of ether oxygens (including phenoxy) is 1. The molecule has 0 aliphatic rings. The molecule has 26 heavy (non-hydrogen) atoms. The Morgan fingerprint density at radius 3 is 2.58 bits per heavy atom. The van der Waals surface area contributed by atoms with Crippen LogP contribution in [0.5, 0.6) is 5.75 Å². The Morgan fingerprint density at radius 1 is 1.12 bits per heavy atom. The number of rotatable bonds is 6. The molecule has 136 valence electrons. The van der Waals surface area contributed by atoms with Crippen LogP contribution < -0.4 is 15.3 Å². The first-order valence-corrected chi connectivity index (χ1v) is 9.04. The Morgan fingerprint density at radius 2 is 1.85 bits per heavy atom. The molecule has 0 saturated heterocycles. The fourth-order valence-electron chi connectivity index (χ4n) is 2.96. The molecular formula is C21H23ClNO3+. The number of benzene rings is 2. The molecule has 0 aliphatic heterocycles. The summed E-state index contributed by atoms with van der Waals surface area (Å²) in [4.78, 5) is 13.2. The number of halogens is 1. The fourth-order valence-corrected chi connectivity index (χ4v) is 3.08. The second-order valence-corrected chi connectivity index (χ2v) is 7.10. The van der Waals surface area contributed by atoms with Crippen molar-refractivity contribution in [3.63, 3.8) is 0 Å². The van der Waals surface area contributed by atoms with Crippen LogP contribution in [0.4, 0.5) is 0 Å². The number of hydrogen-bond acceptors (Lipinski definition) is 3. The van der Waals surface area contributed by atoms with E-state index in [9.17, 15) is 4.79 Å². The summed E-state index contributed by atoms with van der Waals surface area (Å²) >= 11 is 5.87. The van der Waals surface area contributed by atoms with E-state index >= 15 is 0 Å². The zero-order valence-corrected chi connectivity index (χ0v) is 16.0. The molecule has 0 saturated carbocycles. The summed E-state index contributed by atoms with van der Waals surface area (Å²) in [5, 5.41) is 1.70. The van der Waals surface area contributed by atoms with Gasteiger partial charge < -0.3 is 14.1 Å². The third-order valence-electron chi connectivity index (χ3n) is 4.62. The Balaban J connectivity index is 1.69. The van der Waals surface area contributed by atoms with Gasteiger partial charge in [-0.3, -0.25) is 0 Å². The Bertz CT molecular complexity index is 963. The summed E-state index contributed by atoms with van der Waals surface area (Å²) in [5.74, 6) is 0.805. The van der Waals surface area contributed by atoms with Crippen LogP contribution >= 0.6 is 11.6 Å². The molecule has 1 N–H and O–H groups in total. The standard InChI is InChI=1S/C21H22ClNO3/c1-14-4-9-19-16(12-20(24)26-21(19)15(14)2)13-23(3)10-11-25-18-7-5-17(22)6-8-18/h4-9,12H,10-11,13H2,1-3H3/p+1. The Kier molecular flexibility index (Phi) is 5.64. The minimum absolute atomic E-state index is 0.300. The molecule has 0 amide bonds. The second kappa shape index (κ2) is 7.94. The van der Waals surface area contributed by atoms with Gasteiger partial charge in [0.2, 0.25) is 0 Å². The van der Waals surface area contributed by atoms with Crippen LogP contribution in [-0.2, 0) is 6.54 Å². The molecule has 3 aromatic rings. The monoisotopic (exact) mass is 372 g/mol. The molecule has 1 atom stereocenters. The van der Waals surface area contributed by atoms with Crippen LogP contribution in [0.25, 0.3) is 11.0 Å². The minimum atomic E-state index is -0.300. The highest BCUT2D eigenvalue weighted by atomic mass is 35.5. The van der Waals surface area contributed by atoms with Crippen molar-refractivity contribution in [2.75, 3.05) is 20.2 Å². The number of likely N-dealkylation sites (N-methyl/N-ethyl adjacent to an activating group) is 1. The summed E-state index contributed by atoms with van der Waals surface area (Å²) in [6, 6.07) is 13.0. The average Bonchev–Trinajstić information content (AvgIpc) is 2.60. The third-order valence-corrected chi connectivity index (χ3v) is 4.87. The lowest BCUT2D eigenvalue weighted by Gasteiger charge is -2.16. The van der Waals surface area contributed by atoms with Crippen molar-refractivity contribution in [1.29, 1.82) is 0 Å². The fraction of sp³-hybridized carbons (Fsp3) is 0.286. The predicted octanol–water partition coefficient (Wildman–Crippen LogP) is 3.16. The highest BCUT2D eigenvalue weighted by Gasteiger charge is 2.13. The van der Waals surface area contributed by atoms with Crippen molar-refractivity contribution in [1.82, 2.24) is 0 Å². The lowest BCUT2D eigenvalue weighted by atomic mass is 10.0. The van der Waals surface area contributed by atoms with Crippen molar-refractivity contribution in [2.45, 2.75) is 20.4 Å². The van der Waals surface area contributed by atoms with Crippen LogP contribution in [0.2, 0.25) is 5.02 Å². The molecule has 2 aromatic carbocycles. The highest BCUT2D eigenvalue weighted by molar-refractivity contribution is 6.30. The molecule has 1 heterocycles. The summed E-state index contributed by atoms with van der Waals surface area (Å²) < 4.78 is 11.2. The SMILES string of the molecule is Cc1ccc2c(C[NH+](C)CCOc3ccc(Cl)cc3)cc(=O)oc2c1C. The van der Waals surface area contributed by atoms with E-state index in [0.29, 0.717) is 17.2 Å². The van der Waals surface area contributed by atoms with Crippen molar-refractivity contribution < 1.29 is 14.1 Å². The molecule has 1 aromatic heterocycles. The lowest BCUT2D eigenvalue weighted by Crippen LogP contribution is -3.08. The van der Waals surface area contributed by atoms with E-state index in [1.165, 1.54) is 4.90 Å². The lowest BCUT2D eigenvalue weighted by molar-refractivity contribution is -0.893. The van der Waals surface area contributed by atoms with Crippen molar-refractivity contribution in [3.05, 3.63) is 74.6 Å². The van der Waals surface area contributed by atoms with Crippen molar-refractivity contribution in [3.8, 4) is 5.75 Å². The van der Waals surface area contributed by atoms with E-state index in [2.05, 4.69) is 13.1 Å². The average molecular weight is 373 g/mol. The van der Waals surface area contributed by atoms with Gasteiger partial charge in [0.05, 0.1) is 7.05 Å². The number of quaternary nitrogens is 1. The van der Waals surface area contributed by atoms with Gasteiger partial charge in [-0.2, -0.15) is 0 Å². The molecule has 0 spiro atoms. The first-order chi connectivity index (χ1) is 12.4. The van der Waals surface area contributed by atoms with Gasteiger partial charge in [-0.1, -0.05) is 23.7 Å². The Labute approximate surface area is 158 Å². The van der Waals surface area contributed by atoms with Crippen LogP contribution in [0, 0.1) is 13.8 Å². The molecule has 0 fully saturated rings. The molecule has 1 unspecified atom stereocenters. The zero-order valence-electron chi connectivity index (χ0n) is 15.3. The molecule has 4 nitrogen and oxygen atoms in total. The van der Waals surface area contributed by atoms with Gasteiger partial charge in [-0.15, -0.1) is 0 Å². The topological polar surface area (TPSA) is 43.9 Å². The van der Waals surface area contributed by atoms with E-state index in [0.717, 1.165) is 40.9 Å². The minimum Gasteiger partial charge on any atom is -0.488 e. The maximum atomic E-state index is 12.0. The van der Waals surface area contributed by atoms with Gasteiger partial charge in [0.15, 0.2) is 0 Å². The van der Waals surface area contributed by atoms with Crippen LogP contribution in [0.3, 0.4) is 0 Å². The summed E-state index contributed by atoms with van der Waals surface area (Å²) in [7, 11) is 2.09. The van der Waals surface area contributed by atoms with E-state index in [4.69, 9.17) is 20.8 Å². The maximum Gasteiger partial charge on any atom is 0.336 e. The van der Waals surface area contributed by atoms with Gasteiger partial charge in [0, 0.05) is 22.0 Å². The number of nitrogens with one attached hydrogen (secondary N) is 1. The van der Waals surface area contributed by atoms with Crippen molar-refractivity contribution >= 4 is 22.6 Å². The normalized spacial score (nSPS) is 12.3. The van der Waals surface area contributed by atoms with Crippen LogP contribution in [0.15, 0.2) is 51.7 Å². The quantitative estimate of drug-likeness (QED) is 0.676. The number of aryl methyl sites for hydroxylation is 2. The van der Waals surface area contributed by atoms with Crippen molar-refractivity contribution in [2.24, 2.45) is 0 Å². The molecule has 3 rings (SSSR count). The second-order valence-electron chi connectivity index (χ2n) is 6.66. The first-order valence-electron chi connectivity index (χ1n) is 8.66. The smallest absolute Gasteiger partial charge is 0.336 e. The molecule has 0 bridgehead atoms. The Hall–Kier alpha value is -2.30. The van der Waals surface area contributed by atoms with E-state index in [-0.39, 0.29) is 5.63 Å². The van der Waals surface area contributed by atoms with E-state index in [1.807, 2.05) is 44.2 Å². The summed E-state index contributed by atoms with van der Waals surface area (Å²) in [6.07, 6.45) is 0. The zero-order chi connectivity index (χ0) is 18.7. The van der Waals surface area contributed by atoms with E-state index in [1.54, 1.807) is 6.07 Å². The molecular weight excluding hydrogens is 350 g/mol. The van der Waals surface area contributed by atoms with E-state index < -0.39 is 0 Å². The van der Waals surface area contributed by atoms with Gasteiger partial charge >= 0.3 is 5.63 Å². The van der Waals surface area contributed by atoms with Gasteiger partial charge in [-0.05, 0) is 49.2 Å². The highest BCUT2D eigenvalue weighted by Crippen LogP contribution is 2.22. The van der Waals surface area contributed by atoms with Crippen LogP contribution in [-0.4, -0.2) is 20.2 Å². The summed E-state index contributed by atoms with van der Waals surface area (Å²) in [5.41, 5.74) is 3.53. The third kappa shape index (κ3) is 4.26. The van der Waals surface area contributed by atoms with Gasteiger partial charge in [-0.25, -0.2) is 4.79 Å².